The number of anilines is 1. The molecule has 1 aliphatic heterocycles. The Hall–Kier alpha value is -3.68. The normalized spacial score (nSPS) is 19.4. The van der Waals surface area contributed by atoms with Gasteiger partial charge in [0.05, 0.1) is 46.1 Å². The van der Waals surface area contributed by atoms with Gasteiger partial charge in [-0.2, -0.15) is 0 Å². The van der Waals surface area contributed by atoms with E-state index in [0.717, 1.165) is 24.8 Å². The number of amides is 2. The number of carbonyl (C=O) groups is 2. The number of allylic oxidation sites excluding steroid dienone is 1. The van der Waals surface area contributed by atoms with Gasteiger partial charge in [-0.05, 0) is 56.2 Å². The van der Waals surface area contributed by atoms with Crippen molar-refractivity contribution in [3.8, 4) is 23.0 Å². The van der Waals surface area contributed by atoms with E-state index >= 15 is 0 Å². The number of benzene rings is 2. The summed E-state index contributed by atoms with van der Waals surface area (Å²) in [5, 5.41) is 3.16. The summed E-state index contributed by atoms with van der Waals surface area (Å²) in [7, 11) is 6.23. The van der Waals surface area contributed by atoms with Crippen molar-refractivity contribution in [1.82, 2.24) is 5.32 Å². The van der Waals surface area contributed by atoms with Crippen molar-refractivity contribution in [3.63, 3.8) is 0 Å². The summed E-state index contributed by atoms with van der Waals surface area (Å²) in [5.74, 6) is 1.47. The fraction of sp³-hybridized carbons (Fsp3) is 0.467. The van der Waals surface area contributed by atoms with Gasteiger partial charge in [0.15, 0.2) is 11.5 Å². The minimum absolute atomic E-state index is 0.0489. The lowest BCUT2D eigenvalue weighted by atomic mass is 9.83. The van der Waals surface area contributed by atoms with Crippen LogP contribution in [0.15, 0.2) is 48.0 Å². The van der Waals surface area contributed by atoms with Gasteiger partial charge < -0.3 is 29.2 Å². The van der Waals surface area contributed by atoms with E-state index < -0.39 is 12.0 Å². The van der Waals surface area contributed by atoms with E-state index in [1.54, 1.807) is 24.1 Å². The SMILES string of the molecule is COc1ccc([C@H]2[C@H](C(=O)NCCC3=CCCCC3)CCC(=O)N2c2cc(OC)c(OC)c(OC)c2)cc1. The van der Waals surface area contributed by atoms with Crippen molar-refractivity contribution in [1.29, 1.82) is 0 Å². The van der Waals surface area contributed by atoms with Gasteiger partial charge in [0.25, 0.3) is 0 Å². The number of hydrogen-bond acceptors (Lipinski definition) is 6. The Morgan fingerprint density at radius 2 is 1.66 bits per heavy atom. The molecule has 2 amide bonds. The number of ether oxygens (including phenoxy) is 4. The van der Waals surface area contributed by atoms with Gasteiger partial charge >= 0.3 is 0 Å². The lowest BCUT2D eigenvalue weighted by Gasteiger charge is -2.41. The number of carbonyl (C=O) groups excluding carboxylic acids is 2. The summed E-state index contributed by atoms with van der Waals surface area (Å²) in [6.07, 6.45) is 8.58. The molecule has 0 bridgehead atoms. The van der Waals surface area contributed by atoms with Gasteiger partial charge in [-0.25, -0.2) is 0 Å². The Kier molecular flexibility index (Phi) is 9.15. The molecule has 1 heterocycles. The van der Waals surface area contributed by atoms with E-state index in [4.69, 9.17) is 18.9 Å². The highest BCUT2D eigenvalue weighted by Crippen LogP contribution is 2.46. The van der Waals surface area contributed by atoms with Crippen molar-refractivity contribution in [3.05, 3.63) is 53.6 Å². The molecule has 1 aliphatic carbocycles. The number of hydrogen-bond donors (Lipinski definition) is 1. The second kappa shape index (κ2) is 12.7. The Balaban J connectivity index is 1.69. The first-order valence-corrected chi connectivity index (χ1v) is 13.2. The molecule has 0 radical (unpaired) electrons. The van der Waals surface area contributed by atoms with E-state index in [0.29, 0.717) is 41.7 Å². The van der Waals surface area contributed by atoms with Gasteiger partial charge in [0.1, 0.15) is 5.75 Å². The minimum Gasteiger partial charge on any atom is -0.497 e. The maximum Gasteiger partial charge on any atom is 0.227 e. The second-order valence-corrected chi connectivity index (χ2v) is 9.66. The standard InChI is InChI=1S/C30H38N2O6/c1-35-23-12-10-21(11-13-23)28-24(30(34)31-17-16-20-8-6-5-7-9-20)14-15-27(33)32(28)22-18-25(36-2)29(38-4)26(19-22)37-3/h8,10-13,18-19,24,28H,5-7,9,14-17H2,1-4H3,(H,31,34)/t24-,28+/m1/s1. The van der Waals surface area contributed by atoms with E-state index in [9.17, 15) is 9.59 Å². The summed E-state index contributed by atoms with van der Waals surface area (Å²) >= 11 is 0. The molecule has 2 atom stereocenters. The zero-order valence-corrected chi connectivity index (χ0v) is 22.7. The Morgan fingerprint density at radius 1 is 0.947 bits per heavy atom. The van der Waals surface area contributed by atoms with Crippen molar-refractivity contribution in [2.75, 3.05) is 39.9 Å². The van der Waals surface area contributed by atoms with E-state index in [-0.39, 0.29) is 18.2 Å². The molecule has 204 valence electrons. The third kappa shape index (κ3) is 5.90. The summed E-state index contributed by atoms with van der Waals surface area (Å²) < 4.78 is 21.9. The van der Waals surface area contributed by atoms with Gasteiger partial charge in [-0.3, -0.25) is 9.59 Å². The number of methoxy groups -OCH3 is 4. The van der Waals surface area contributed by atoms with E-state index in [1.807, 2.05) is 24.3 Å². The van der Waals surface area contributed by atoms with E-state index in [2.05, 4.69) is 11.4 Å². The highest BCUT2D eigenvalue weighted by molar-refractivity contribution is 5.98. The number of piperidine rings is 1. The van der Waals surface area contributed by atoms with Crippen LogP contribution in [0.2, 0.25) is 0 Å². The van der Waals surface area contributed by atoms with Gasteiger partial charge in [0, 0.05) is 25.1 Å². The Morgan fingerprint density at radius 3 is 2.24 bits per heavy atom. The van der Waals surface area contributed by atoms with Crippen LogP contribution < -0.4 is 29.2 Å². The highest BCUT2D eigenvalue weighted by Gasteiger charge is 2.42. The maximum atomic E-state index is 13.6. The molecule has 2 aliphatic rings. The quantitative estimate of drug-likeness (QED) is 0.431. The highest BCUT2D eigenvalue weighted by atomic mass is 16.5. The predicted molar refractivity (Wildman–Crippen MR) is 146 cm³/mol. The molecular formula is C30H38N2O6. The average Bonchev–Trinajstić information content (AvgIpc) is 2.96. The van der Waals surface area contributed by atoms with Crippen LogP contribution in [0.5, 0.6) is 23.0 Å². The first kappa shape index (κ1) is 27.4. The zero-order chi connectivity index (χ0) is 27.1. The van der Waals surface area contributed by atoms with E-state index in [1.165, 1.54) is 39.7 Å². The summed E-state index contributed by atoms with van der Waals surface area (Å²) in [4.78, 5) is 28.8. The van der Waals surface area contributed by atoms with Crippen LogP contribution in [0.3, 0.4) is 0 Å². The molecule has 1 saturated heterocycles. The fourth-order valence-electron chi connectivity index (χ4n) is 5.47. The zero-order valence-electron chi connectivity index (χ0n) is 22.7. The van der Waals surface area contributed by atoms with Gasteiger partial charge in [0.2, 0.25) is 17.6 Å². The van der Waals surface area contributed by atoms with Crippen molar-refractivity contribution in [2.45, 2.75) is 51.0 Å². The molecule has 2 aromatic carbocycles. The summed E-state index contributed by atoms with van der Waals surface area (Å²) in [5.41, 5.74) is 2.85. The molecule has 8 nitrogen and oxygen atoms in total. The summed E-state index contributed by atoms with van der Waals surface area (Å²) in [6, 6.07) is 10.5. The van der Waals surface area contributed by atoms with Crippen LogP contribution in [0.4, 0.5) is 5.69 Å². The fourth-order valence-corrected chi connectivity index (χ4v) is 5.47. The van der Waals surface area contributed by atoms with Crippen LogP contribution in [-0.4, -0.2) is 46.8 Å². The molecule has 1 N–H and O–H groups in total. The largest absolute Gasteiger partial charge is 0.497 e. The van der Waals surface area contributed by atoms with Gasteiger partial charge in [-0.1, -0.05) is 23.8 Å². The van der Waals surface area contributed by atoms with Crippen molar-refractivity contribution in [2.24, 2.45) is 5.92 Å². The monoisotopic (exact) mass is 522 g/mol. The molecule has 2 aromatic rings. The summed E-state index contributed by atoms with van der Waals surface area (Å²) in [6.45, 7) is 0.592. The average molecular weight is 523 g/mol. The van der Waals surface area contributed by atoms with Crippen molar-refractivity contribution >= 4 is 17.5 Å². The number of nitrogens with one attached hydrogen (secondary N) is 1. The molecule has 4 rings (SSSR count). The minimum atomic E-state index is -0.515. The number of rotatable bonds is 10. The molecular weight excluding hydrogens is 484 g/mol. The molecule has 0 spiro atoms. The first-order chi connectivity index (χ1) is 18.5. The van der Waals surface area contributed by atoms with Crippen LogP contribution in [0.1, 0.15) is 56.6 Å². The lowest BCUT2D eigenvalue weighted by molar-refractivity contribution is -0.129. The van der Waals surface area contributed by atoms with Crippen LogP contribution in [-0.2, 0) is 9.59 Å². The Labute approximate surface area is 224 Å². The molecule has 38 heavy (non-hydrogen) atoms. The van der Waals surface area contributed by atoms with Crippen LogP contribution >= 0.6 is 0 Å². The second-order valence-electron chi connectivity index (χ2n) is 9.66. The smallest absolute Gasteiger partial charge is 0.227 e. The predicted octanol–water partition coefficient (Wildman–Crippen LogP) is 5.21. The maximum absolute atomic E-state index is 13.6. The Bertz CT molecular complexity index is 1130. The third-order valence-electron chi connectivity index (χ3n) is 7.45. The molecule has 1 fully saturated rings. The first-order valence-electron chi connectivity index (χ1n) is 13.2. The molecule has 0 unspecified atom stereocenters. The third-order valence-corrected chi connectivity index (χ3v) is 7.45. The molecule has 8 heteroatoms. The van der Waals surface area contributed by atoms with Crippen LogP contribution in [0.25, 0.3) is 0 Å². The van der Waals surface area contributed by atoms with Crippen molar-refractivity contribution < 1.29 is 28.5 Å². The topological polar surface area (TPSA) is 86.3 Å². The molecule has 0 saturated carbocycles. The molecule has 0 aromatic heterocycles. The number of nitrogens with zero attached hydrogens (tertiary/aromatic N) is 1. The van der Waals surface area contributed by atoms with Gasteiger partial charge in [-0.15, -0.1) is 0 Å². The van der Waals surface area contributed by atoms with Crippen LogP contribution in [0, 0.1) is 5.92 Å². The lowest BCUT2D eigenvalue weighted by Crippen LogP contribution is -2.48.